The normalized spacial score (nSPS) is 11.9. The minimum atomic E-state index is -2.00. The molecule has 2 aliphatic heterocycles. The molecule has 0 atom stereocenters. The van der Waals surface area contributed by atoms with Crippen LogP contribution in [0.2, 0.25) is 18.1 Å². The second-order valence-corrected chi connectivity index (χ2v) is 18.9. The van der Waals surface area contributed by atoms with E-state index in [1.165, 1.54) is 6.07 Å². The van der Waals surface area contributed by atoms with Gasteiger partial charge in [0.1, 0.15) is 11.4 Å². The SMILES string of the molecule is CC(C)(C)[Si](C)(C)Oc1ccc(-c2cn3c(=O)c(Cc4ccc(OCCCCCCNC(=O)O)c(F)c4)nc-3c(Cc3ccccc3)[nH]2)cc1. The number of ether oxygens (including phenoxy) is 1. The van der Waals surface area contributed by atoms with Gasteiger partial charge in [0.15, 0.2) is 17.4 Å². The molecule has 0 fully saturated rings. The van der Waals surface area contributed by atoms with Crippen molar-refractivity contribution in [2.45, 2.75) is 77.4 Å². The Hall–Kier alpha value is -4.90. The Morgan fingerprint density at radius 1 is 0.960 bits per heavy atom. The maximum absolute atomic E-state index is 15.0. The zero-order chi connectivity index (χ0) is 35.9. The van der Waals surface area contributed by atoms with E-state index in [0.717, 1.165) is 53.9 Å². The second kappa shape index (κ2) is 15.8. The van der Waals surface area contributed by atoms with Gasteiger partial charge in [0.05, 0.1) is 18.0 Å². The van der Waals surface area contributed by atoms with Crippen molar-refractivity contribution in [3.63, 3.8) is 0 Å². The predicted molar refractivity (Wildman–Crippen MR) is 197 cm³/mol. The Labute approximate surface area is 294 Å². The van der Waals surface area contributed by atoms with Gasteiger partial charge in [0.25, 0.3) is 5.56 Å². The summed E-state index contributed by atoms with van der Waals surface area (Å²) in [6.07, 6.45) is 4.65. The number of nitrogens with zero attached hydrogens (tertiary/aromatic N) is 2. The summed E-state index contributed by atoms with van der Waals surface area (Å²) >= 11 is 0. The number of rotatable bonds is 15. The van der Waals surface area contributed by atoms with Crippen molar-refractivity contribution < 1.29 is 23.5 Å². The highest BCUT2D eigenvalue weighted by atomic mass is 28.4. The number of unbranched alkanes of at least 4 members (excludes halogenated alkanes) is 3. The van der Waals surface area contributed by atoms with E-state index in [4.69, 9.17) is 19.3 Å². The van der Waals surface area contributed by atoms with E-state index in [-0.39, 0.29) is 22.8 Å². The molecule has 5 rings (SSSR count). The van der Waals surface area contributed by atoms with Crippen molar-refractivity contribution in [1.29, 1.82) is 0 Å². The van der Waals surface area contributed by atoms with Crippen molar-refractivity contribution in [3.05, 3.63) is 118 Å². The van der Waals surface area contributed by atoms with Crippen molar-refractivity contribution in [1.82, 2.24) is 19.9 Å². The van der Waals surface area contributed by atoms with Crippen LogP contribution in [0.3, 0.4) is 0 Å². The number of imidazole rings is 1. The fraction of sp³-hybridized carbons (Fsp3) is 0.359. The third-order valence-corrected chi connectivity index (χ3v) is 13.6. The number of nitrogens with one attached hydrogen (secondary N) is 2. The van der Waals surface area contributed by atoms with Gasteiger partial charge in [-0.2, -0.15) is 0 Å². The average molecular weight is 699 g/mol. The Kier molecular flexibility index (Phi) is 11.5. The number of amides is 1. The standard InChI is InChI=1S/C39H47FN4O5Si/c1-39(2,3)50(4,5)49-30-18-16-29(17-19-30)34-26-44-36(32(42-34)24-27-13-9-8-10-14-27)43-33(37(44)45)25-28-15-20-35(31(40)23-28)48-22-12-7-6-11-21-41-38(46)47/h8-10,13-20,23,26,41-42H,6-7,11-12,21-22,24-25H2,1-5H3,(H,46,47). The van der Waals surface area contributed by atoms with Crippen LogP contribution in [0.5, 0.6) is 11.5 Å². The quantitative estimate of drug-likeness (QED) is 0.0745. The third-order valence-electron chi connectivity index (χ3n) is 9.29. The number of aromatic amines is 1. The van der Waals surface area contributed by atoms with Gasteiger partial charge in [-0.05, 0) is 84.1 Å². The van der Waals surface area contributed by atoms with Crippen molar-refractivity contribution in [2.75, 3.05) is 13.2 Å². The summed E-state index contributed by atoms with van der Waals surface area (Å²) in [6.45, 7) is 11.9. The Balaban J connectivity index is 1.34. The van der Waals surface area contributed by atoms with Crippen LogP contribution in [-0.2, 0) is 12.8 Å². The molecule has 0 bridgehead atoms. The molecule has 264 valence electrons. The van der Waals surface area contributed by atoms with Gasteiger partial charge in [0.2, 0.25) is 8.32 Å². The summed E-state index contributed by atoms with van der Waals surface area (Å²) in [4.78, 5) is 32.6. The average Bonchev–Trinajstić information content (AvgIpc) is 3.38. The molecule has 9 nitrogen and oxygen atoms in total. The van der Waals surface area contributed by atoms with Gasteiger partial charge in [-0.1, -0.05) is 70.0 Å². The van der Waals surface area contributed by atoms with E-state index in [0.29, 0.717) is 36.6 Å². The number of carbonyl (C=O) groups is 1. The van der Waals surface area contributed by atoms with Crippen molar-refractivity contribution in [3.8, 4) is 28.6 Å². The lowest BCUT2D eigenvalue weighted by atomic mass is 10.1. The zero-order valence-corrected chi connectivity index (χ0v) is 30.5. The van der Waals surface area contributed by atoms with Crippen LogP contribution in [0.15, 0.2) is 83.8 Å². The minimum Gasteiger partial charge on any atom is -0.544 e. The first-order valence-corrected chi connectivity index (χ1v) is 20.1. The minimum absolute atomic E-state index is 0.0771. The van der Waals surface area contributed by atoms with E-state index < -0.39 is 20.2 Å². The van der Waals surface area contributed by atoms with Crippen LogP contribution in [-0.4, -0.2) is 47.2 Å². The largest absolute Gasteiger partial charge is 0.544 e. The summed E-state index contributed by atoms with van der Waals surface area (Å²) in [7, 11) is -2.00. The van der Waals surface area contributed by atoms with Crippen LogP contribution in [0.4, 0.5) is 9.18 Å². The van der Waals surface area contributed by atoms with Crippen LogP contribution in [0, 0.1) is 5.82 Å². The van der Waals surface area contributed by atoms with Gasteiger partial charge in [-0.25, -0.2) is 14.2 Å². The number of H-pyrrole nitrogens is 1. The third kappa shape index (κ3) is 9.20. The first kappa shape index (κ1) is 36.4. The molecule has 0 saturated carbocycles. The predicted octanol–water partition coefficient (Wildman–Crippen LogP) is 8.58. The molecule has 2 aliphatic rings. The van der Waals surface area contributed by atoms with Gasteiger partial charge >= 0.3 is 6.09 Å². The molecule has 0 aliphatic carbocycles. The van der Waals surface area contributed by atoms with Crippen molar-refractivity contribution >= 4 is 14.4 Å². The number of aromatic nitrogens is 3. The molecular formula is C39H47FN4O5Si. The van der Waals surface area contributed by atoms with E-state index in [2.05, 4.69) is 44.2 Å². The molecule has 3 N–H and O–H groups in total. The summed E-state index contributed by atoms with van der Waals surface area (Å²) in [5, 5.41) is 11.0. The number of carboxylic acid groups (broad SMARTS) is 1. The van der Waals surface area contributed by atoms with Gasteiger partial charge in [-0.3, -0.25) is 9.36 Å². The number of benzene rings is 3. The van der Waals surface area contributed by atoms with Gasteiger partial charge < -0.3 is 24.6 Å². The van der Waals surface area contributed by atoms with Crippen LogP contribution >= 0.6 is 0 Å². The lowest BCUT2D eigenvalue weighted by Gasteiger charge is -2.36. The first-order chi connectivity index (χ1) is 23.8. The fourth-order valence-electron chi connectivity index (χ4n) is 5.44. The van der Waals surface area contributed by atoms with E-state index in [1.54, 1.807) is 22.9 Å². The molecule has 0 unspecified atom stereocenters. The van der Waals surface area contributed by atoms with Gasteiger partial charge in [-0.15, -0.1) is 0 Å². The Morgan fingerprint density at radius 2 is 1.68 bits per heavy atom. The molecule has 2 heterocycles. The summed E-state index contributed by atoms with van der Waals surface area (Å²) < 4.78 is 28.8. The number of hydrogen-bond acceptors (Lipinski definition) is 5. The molecule has 50 heavy (non-hydrogen) atoms. The second-order valence-electron chi connectivity index (χ2n) is 14.2. The number of fused-ring (bicyclic) bond motifs is 1. The topological polar surface area (TPSA) is 118 Å². The molecule has 0 radical (unpaired) electrons. The van der Waals surface area contributed by atoms with E-state index in [1.807, 2.05) is 54.6 Å². The molecule has 0 aromatic heterocycles. The van der Waals surface area contributed by atoms with Crippen LogP contribution in [0.25, 0.3) is 17.1 Å². The molecule has 3 aromatic carbocycles. The van der Waals surface area contributed by atoms with Gasteiger partial charge in [0, 0.05) is 25.6 Å². The molecular weight excluding hydrogens is 652 g/mol. The highest BCUT2D eigenvalue weighted by Gasteiger charge is 2.39. The smallest absolute Gasteiger partial charge is 0.404 e. The molecule has 0 spiro atoms. The first-order valence-electron chi connectivity index (χ1n) is 17.2. The summed E-state index contributed by atoms with van der Waals surface area (Å²) in [5.41, 5.74) is 4.25. The van der Waals surface area contributed by atoms with E-state index >= 15 is 4.39 Å². The van der Waals surface area contributed by atoms with Crippen LogP contribution in [0.1, 0.15) is 69.0 Å². The maximum Gasteiger partial charge on any atom is 0.404 e. The number of hydrogen-bond donors (Lipinski definition) is 3. The maximum atomic E-state index is 15.0. The molecule has 3 aromatic rings. The molecule has 0 saturated heterocycles. The van der Waals surface area contributed by atoms with E-state index in [9.17, 15) is 9.59 Å². The fourth-order valence-corrected chi connectivity index (χ4v) is 6.47. The summed E-state index contributed by atoms with van der Waals surface area (Å²) in [6, 6.07) is 22.7. The monoisotopic (exact) mass is 698 g/mol. The highest BCUT2D eigenvalue weighted by Crippen LogP contribution is 2.37. The zero-order valence-electron chi connectivity index (χ0n) is 29.5. The Bertz CT molecular complexity index is 1920. The lowest BCUT2D eigenvalue weighted by Crippen LogP contribution is -2.43. The van der Waals surface area contributed by atoms with Crippen LogP contribution < -0.4 is 20.0 Å². The molecule has 11 heteroatoms. The Morgan fingerprint density at radius 3 is 2.36 bits per heavy atom. The summed E-state index contributed by atoms with van der Waals surface area (Å²) in [5.74, 6) is 1.02. The van der Waals surface area contributed by atoms with Crippen molar-refractivity contribution in [2.24, 2.45) is 0 Å². The molecule has 1 amide bonds. The highest BCUT2D eigenvalue weighted by molar-refractivity contribution is 6.74. The number of halogens is 1. The lowest BCUT2D eigenvalue weighted by molar-refractivity contribution is 0.194.